The highest BCUT2D eigenvalue weighted by Crippen LogP contribution is 2.21. The first-order chi connectivity index (χ1) is 18.0. The van der Waals surface area contributed by atoms with Crippen molar-refractivity contribution in [1.29, 1.82) is 0 Å². The molecule has 0 heterocycles. The van der Waals surface area contributed by atoms with Gasteiger partial charge >= 0.3 is 0 Å². The maximum absolute atomic E-state index is 13.8. The van der Waals surface area contributed by atoms with E-state index in [0.717, 1.165) is 42.4 Å². The Morgan fingerprint density at radius 3 is 2.32 bits per heavy atom. The second-order valence-electron chi connectivity index (χ2n) is 9.74. The molecule has 37 heavy (non-hydrogen) atoms. The predicted octanol–water partition coefficient (Wildman–Crippen LogP) is 6.12. The summed E-state index contributed by atoms with van der Waals surface area (Å²) in [5.74, 6) is 0.210. The lowest BCUT2D eigenvalue weighted by atomic mass is 9.94. The standard InChI is InChI=1S/C31H35ClN2O3/c1-23-10-8-9-13-25(23)21-34(30(35)22-37-28-18-16-26(32)17-19-28)29(20-24-11-4-2-5-12-24)31(36)33-27-14-6-3-7-15-27/h2,4-5,8-13,16-19,27,29H,3,6-7,14-15,20-22H2,1H3,(H,33,36). The van der Waals surface area contributed by atoms with E-state index >= 15 is 0 Å². The van der Waals surface area contributed by atoms with Crippen LogP contribution in [0.5, 0.6) is 5.75 Å². The van der Waals surface area contributed by atoms with Crippen LogP contribution in [0.4, 0.5) is 0 Å². The van der Waals surface area contributed by atoms with Gasteiger partial charge in [-0.25, -0.2) is 0 Å². The Labute approximate surface area is 224 Å². The normalized spacial score (nSPS) is 14.5. The molecule has 1 aliphatic rings. The molecule has 1 atom stereocenters. The summed E-state index contributed by atoms with van der Waals surface area (Å²) in [6, 6.07) is 24.3. The van der Waals surface area contributed by atoms with Crippen LogP contribution in [-0.2, 0) is 22.6 Å². The number of benzene rings is 3. The minimum Gasteiger partial charge on any atom is -0.484 e. The molecule has 1 unspecified atom stereocenters. The highest BCUT2D eigenvalue weighted by atomic mass is 35.5. The first-order valence-corrected chi connectivity index (χ1v) is 13.4. The Hall–Kier alpha value is -3.31. The number of hydrogen-bond donors (Lipinski definition) is 1. The van der Waals surface area contributed by atoms with E-state index < -0.39 is 6.04 Å². The van der Waals surface area contributed by atoms with Gasteiger partial charge in [-0.05, 0) is 60.7 Å². The zero-order valence-electron chi connectivity index (χ0n) is 21.4. The van der Waals surface area contributed by atoms with Crippen molar-refractivity contribution in [3.8, 4) is 5.75 Å². The molecule has 194 valence electrons. The molecule has 1 fully saturated rings. The van der Waals surface area contributed by atoms with Crippen molar-refractivity contribution in [1.82, 2.24) is 10.2 Å². The summed E-state index contributed by atoms with van der Waals surface area (Å²) in [5.41, 5.74) is 3.09. The summed E-state index contributed by atoms with van der Waals surface area (Å²) in [7, 11) is 0. The van der Waals surface area contributed by atoms with Crippen LogP contribution in [0.1, 0.15) is 48.8 Å². The minimum atomic E-state index is -0.662. The van der Waals surface area contributed by atoms with Crippen LogP contribution in [0.2, 0.25) is 5.02 Å². The van der Waals surface area contributed by atoms with E-state index in [2.05, 4.69) is 5.32 Å². The topological polar surface area (TPSA) is 58.6 Å². The van der Waals surface area contributed by atoms with Crippen molar-refractivity contribution in [2.75, 3.05) is 6.61 Å². The number of hydrogen-bond acceptors (Lipinski definition) is 3. The number of carbonyl (C=O) groups excluding carboxylic acids is 2. The number of amides is 2. The van der Waals surface area contributed by atoms with Crippen LogP contribution < -0.4 is 10.1 Å². The Bertz CT molecular complexity index is 1160. The average molecular weight is 519 g/mol. The van der Waals surface area contributed by atoms with Gasteiger partial charge in [0.05, 0.1) is 0 Å². The summed E-state index contributed by atoms with van der Waals surface area (Å²) in [6.45, 7) is 2.18. The van der Waals surface area contributed by atoms with Gasteiger partial charge in [-0.15, -0.1) is 0 Å². The SMILES string of the molecule is Cc1ccccc1CN(C(=O)COc1ccc(Cl)cc1)C(Cc1ccccc1)C(=O)NC1CCCCC1. The van der Waals surface area contributed by atoms with Gasteiger partial charge in [0.2, 0.25) is 5.91 Å². The van der Waals surface area contributed by atoms with E-state index in [1.54, 1.807) is 29.2 Å². The highest BCUT2D eigenvalue weighted by Gasteiger charge is 2.32. The van der Waals surface area contributed by atoms with Gasteiger partial charge in [0.15, 0.2) is 6.61 Å². The minimum absolute atomic E-state index is 0.107. The van der Waals surface area contributed by atoms with Crippen molar-refractivity contribution < 1.29 is 14.3 Å². The van der Waals surface area contributed by atoms with Crippen LogP contribution in [0.15, 0.2) is 78.9 Å². The molecule has 0 aromatic heterocycles. The second-order valence-corrected chi connectivity index (χ2v) is 10.2. The Morgan fingerprint density at radius 2 is 1.62 bits per heavy atom. The maximum atomic E-state index is 13.8. The Morgan fingerprint density at radius 1 is 0.946 bits per heavy atom. The lowest BCUT2D eigenvalue weighted by Crippen LogP contribution is -2.53. The van der Waals surface area contributed by atoms with E-state index in [0.29, 0.717) is 23.7 Å². The first kappa shape index (κ1) is 26.7. The monoisotopic (exact) mass is 518 g/mol. The number of carbonyl (C=O) groups is 2. The molecule has 0 bridgehead atoms. The molecule has 1 saturated carbocycles. The fourth-order valence-corrected chi connectivity index (χ4v) is 4.95. The molecule has 0 radical (unpaired) electrons. The van der Waals surface area contributed by atoms with Crippen LogP contribution in [0.3, 0.4) is 0 Å². The van der Waals surface area contributed by atoms with Crippen LogP contribution in [-0.4, -0.2) is 35.4 Å². The second kappa shape index (κ2) is 13.3. The van der Waals surface area contributed by atoms with Gasteiger partial charge in [-0.1, -0.05) is 85.5 Å². The van der Waals surface area contributed by atoms with Gasteiger partial charge in [-0.3, -0.25) is 9.59 Å². The summed E-state index contributed by atoms with van der Waals surface area (Å²) in [4.78, 5) is 29.2. The number of nitrogens with zero attached hydrogens (tertiary/aromatic N) is 1. The van der Waals surface area contributed by atoms with Gasteiger partial charge in [0.1, 0.15) is 11.8 Å². The Balaban J connectivity index is 1.61. The van der Waals surface area contributed by atoms with E-state index in [1.807, 2.05) is 61.5 Å². The molecule has 6 heteroatoms. The molecule has 4 rings (SSSR count). The molecule has 1 aliphatic carbocycles. The lowest BCUT2D eigenvalue weighted by Gasteiger charge is -2.33. The molecule has 0 spiro atoms. The average Bonchev–Trinajstić information content (AvgIpc) is 2.92. The summed E-state index contributed by atoms with van der Waals surface area (Å²) >= 11 is 5.99. The van der Waals surface area contributed by atoms with Crippen LogP contribution in [0, 0.1) is 6.92 Å². The smallest absolute Gasteiger partial charge is 0.261 e. The van der Waals surface area contributed by atoms with Crippen molar-refractivity contribution in [3.63, 3.8) is 0 Å². The lowest BCUT2D eigenvalue weighted by molar-refractivity contribution is -0.143. The van der Waals surface area contributed by atoms with Gasteiger partial charge in [-0.2, -0.15) is 0 Å². The van der Waals surface area contributed by atoms with Crippen LogP contribution in [0.25, 0.3) is 0 Å². The number of rotatable bonds is 10. The van der Waals surface area contributed by atoms with E-state index in [9.17, 15) is 9.59 Å². The molecular weight excluding hydrogens is 484 g/mol. The number of halogens is 1. The number of aryl methyl sites for hydroxylation is 1. The molecule has 5 nitrogen and oxygen atoms in total. The van der Waals surface area contributed by atoms with Crippen molar-refractivity contribution in [2.45, 2.75) is 64.1 Å². The molecule has 0 aliphatic heterocycles. The fourth-order valence-electron chi connectivity index (χ4n) is 4.83. The van der Waals surface area contributed by atoms with Crippen LogP contribution >= 0.6 is 11.6 Å². The highest BCUT2D eigenvalue weighted by molar-refractivity contribution is 6.30. The van der Waals surface area contributed by atoms with E-state index in [4.69, 9.17) is 16.3 Å². The van der Waals surface area contributed by atoms with E-state index in [-0.39, 0.29) is 24.5 Å². The van der Waals surface area contributed by atoms with Crippen molar-refractivity contribution in [2.24, 2.45) is 0 Å². The summed E-state index contributed by atoms with van der Waals surface area (Å²) < 4.78 is 5.82. The number of ether oxygens (including phenoxy) is 1. The van der Waals surface area contributed by atoms with Crippen molar-refractivity contribution >= 4 is 23.4 Å². The molecule has 2 amide bonds. The predicted molar refractivity (Wildman–Crippen MR) is 148 cm³/mol. The fraction of sp³-hybridized carbons (Fsp3) is 0.355. The summed E-state index contributed by atoms with van der Waals surface area (Å²) in [6.07, 6.45) is 5.84. The largest absolute Gasteiger partial charge is 0.484 e. The first-order valence-electron chi connectivity index (χ1n) is 13.1. The molecule has 3 aromatic rings. The molecular formula is C31H35ClN2O3. The maximum Gasteiger partial charge on any atom is 0.261 e. The van der Waals surface area contributed by atoms with Gasteiger partial charge in [0.25, 0.3) is 5.91 Å². The quantitative estimate of drug-likeness (QED) is 0.352. The zero-order valence-corrected chi connectivity index (χ0v) is 22.1. The third-order valence-electron chi connectivity index (χ3n) is 7.00. The molecule has 1 N–H and O–H groups in total. The number of nitrogens with one attached hydrogen (secondary N) is 1. The molecule has 0 saturated heterocycles. The zero-order chi connectivity index (χ0) is 26.0. The van der Waals surface area contributed by atoms with Crippen molar-refractivity contribution in [3.05, 3.63) is 101 Å². The van der Waals surface area contributed by atoms with Gasteiger partial charge < -0.3 is 15.0 Å². The third kappa shape index (κ3) is 7.83. The van der Waals surface area contributed by atoms with Gasteiger partial charge in [0, 0.05) is 24.0 Å². The summed E-state index contributed by atoms with van der Waals surface area (Å²) in [5, 5.41) is 3.87. The third-order valence-corrected chi connectivity index (χ3v) is 7.25. The Kier molecular flexibility index (Phi) is 9.61. The van der Waals surface area contributed by atoms with E-state index in [1.165, 1.54) is 6.42 Å². The molecule has 3 aromatic carbocycles.